The molecule has 1 N–H and O–H groups in total. The van der Waals surface area contributed by atoms with Gasteiger partial charge in [0.15, 0.2) is 0 Å². The molecule has 1 aromatic rings. The largest absolute Gasteiger partial charge is 0.468 e. The normalized spacial score (nSPS) is 18.3. The van der Waals surface area contributed by atoms with Crippen LogP contribution >= 0.6 is 0 Å². The van der Waals surface area contributed by atoms with Crippen LogP contribution in [0.3, 0.4) is 0 Å². The molecule has 0 bridgehead atoms. The maximum atomic E-state index is 5.70. The van der Waals surface area contributed by atoms with Crippen LogP contribution in [0.25, 0.3) is 0 Å². The smallest absolute Gasteiger partial charge is 0.118 e. The average molecular weight is 293 g/mol. The molecule has 2 heterocycles. The number of nitrogens with zero attached hydrogens (tertiary/aromatic N) is 2. The zero-order valence-electron chi connectivity index (χ0n) is 14.1. The van der Waals surface area contributed by atoms with Gasteiger partial charge in [0, 0.05) is 43.8 Å². The van der Waals surface area contributed by atoms with E-state index < -0.39 is 0 Å². The Bertz CT molecular complexity index is 414. The molecule has 21 heavy (non-hydrogen) atoms. The third-order valence-corrected chi connectivity index (χ3v) is 4.16. The van der Waals surface area contributed by atoms with E-state index in [0.717, 1.165) is 51.6 Å². The molecule has 0 unspecified atom stereocenters. The Hall–Kier alpha value is -0.840. The van der Waals surface area contributed by atoms with Crippen molar-refractivity contribution in [3.8, 4) is 0 Å². The Kier molecular flexibility index (Phi) is 5.85. The van der Waals surface area contributed by atoms with Crippen molar-refractivity contribution in [3.63, 3.8) is 0 Å². The minimum absolute atomic E-state index is 0.287. The summed E-state index contributed by atoms with van der Waals surface area (Å²) >= 11 is 0. The van der Waals surface area contributed by atoms with E-state index in [1.54, 1.807) is 0 Å². The van der Waals surface area contributed by atoms with Gasteiger partial charge in [0.2, 0.25) is 0 Å². The second-order valence-electron chi connectivity index (χ2n) is 7.03. The Morgan fingerprint density at radius 3 is 2.52 bits per heavy atom. The third kappa shape index (κ3) is 5.13. The van der Waals surface area contributed by atoms with Gasteiger partial charge in [0.25, 0.3) is 0 Å². The zero-order chi connectivity index (χ0) is 15.3. The zero-order valence-corrected chi connectivity index (χ0v) is 14.1. The van der Waals surface area contributed by atoms with Gasteiger partial charge < -0.3 is 9.73 Å². The lowest BCUT2D eigenvalue weighted by Crippen LogP contribution is -2.53. The van der Waals surface area contributed by atoms with E-state index in [4.69, 9.17) is 4.42 Å². The molecule has 0 spiro atoms. The van der Waals surface area contributed by atoms with Crippen LogP contribution in [0.4, 0.5) is 0 Å². The standard InChI is InChI=1S/C17H31N3O/c1-5-6-18-12-15-11-16(21-14-15)13-19-7-9-20(10-8-19)17(2,3)4/h11,14,18H,5-10,12-13H2,1-4H3. The molecule has 1 aliphatic heterocycles. The van der Waals surface area contributed by atoms with E-state index in [1.807, 2.05) is 6.26 Å². The van der Waals surface area contributed by atoms with Crippen molar-refractivity contribution in [1.29, 1.82) is 0 Å². The van der Waals surface area contributed by atoms with Gasteiger partial charge in [-0.2, -0.15) is 0 Å². The third-order valence-electron chi connectivity index (χ3n) is 4.16. The van der Waals surface area contributed by atoms with E-state index in [2.05, 4.69) is 48.9 Å². The Morgan fingerprint density at radius 2 is 1.90 bits per heavy atom. The van der Waals surface area contributed by atoms with Crippen molar-refractivity contribution < 1.29 is 4.42 Å². The molecule has 0 radical (unpaired) electrons. The Morgan fingerprint density at radius 1 is 1.19 bits per heavy atom. The quantitative estimate of drug-likeness (QED) is 0.817. The highest BCUT2D eigenvalue weighted by Crippen LogP contribution is 2.17. The molecule has 0 aromatic carbocycles. The lowest BCUT2D eigenvalue weighted by molar-refractivity contribution is 0.0562. The molecular weight excluding hydrogens is 262 g/mol. The number of rotatable bonds is 6. The molecule has 120 valence electrons. The molecule has 1 aromatic heterocycles. The molecule has 4 heteroatoms. The molecule has 0 amide bonds. The van der Waals surface area contributed by atoms with Gasteiger partial charge in [-0.25, -0.2) is 0 Å². The van der Waals surface area contributed by atoms with E-state index in [0.29, 0.717) is 0 Å². The highest BCUT2D eigenvalue weighted by atomic mass is 16.3. The highest BCUT2D eigenvalue weighted by Gasteiger charge is 2.25. The summed E-state index contributed by atoms with van der Waals surface area (Å²) in [5.41, 5.74) is 1.54. The van der Waals surface area contributed by atoms with Crippen molar-refractivity contribution in [2.45, 2.75) is 52.7 Å². The molecular formula is C17H31N3O. The Balaban J connectivity index is 1.76. The van der Waals surface area contributed by atoms with E-state index in [1.165, 1.54) is 12.0 Å². The van der Waals surface area contributed by atoms with Crippen LogP contribution in [0.2, 0.25) is 0 Å². The highest BCUT2D eigenvalue weighted by molar-refractivity contribution is 5.12. The predicted octanol–water partition coefficient (Wildman–Crippen LogP) is 2.70. The lowest BCUT2D eigenvalue weighted by atomic mass is 10.0. The second kappa shape index (κ2) is 7.43. The van der Waals surface area contributed by atoms with Crippen LogP contribution in [0.15, 0.2) is 16.7 Å². The fraction of sp³-hybridized carbons (Fsp3) is 0.765. The van der Waals surface area contributed by atoms with Crippen molar-refractivity contribution in [2.24, 2.45) is 0 Å². The van der Waals surface area contributed by atoms with Crippen molar-refractivity contribution >= 4 is 0 Å². The van der Waals surface area contributed by atoms with E-state index in [9.17, 15) is 0 Å². The van der Waals surface area contributed by atoms with Gasteiger partial charge in [-0.05, 0) is 39.8 Å². The summed E-state index contributed by atoms with van der Waals surface area (Å²) in [6, 6.07) is 2.19. The van der Waals surface area contributed by atoms with Crippen LogP contribution in [0, 0.1) is 0 Å². The molecule has 1 fully saturated rings. The molecule has 1 aliphatic rings. The van der Waals surface area contributed by atoms with Gasteiger partial charge in [0.05, 0.1) is 12.8 Å². The summed E-state index contributed by atoms with van der Waals surface area (Å²) in [5.74, 6) is 1.09. The van der Waals surface area contributed by atoms with E-state index >= 15 is 0 Å². The minimum atomic E-state index is 0.287. The lowest BCUT2D eigenvalue weighted by Gasteiger charge is -2.42. The number of hydrogen-bond acceptors (Lipinski definition) is 4. The molecule has 0 saturated carbocycles. The maximum absolute atomic E-state index is 5.70. The predicted molar refractivity (Wildman–Crippen MR) is 87.3 cm³/mol. The van der Waals surface area contributed by atoms with Crippen molar-refractivity contribution in [2.75, 3.05) is 32.7 Å². The number of piperazine rings is 1. The van der Waals surface area contributed by atoms with Gasteiger partial charge in [0.1, 0.15) is 5.76 Å². The fourth-order valence-electron chi connectivity index (χ4n) is 2.81. The first-order chi connectivity index (χ1) is 9.99. The topological polar surface area (TPSA) is 31.7 Å². The Labute approximate surface area is 129 Å². The summed E-state index contributed by atoms with van der Waals surface area (Å²) in [6.07, 6.45) is 3.06. The van der Waals surface area contributed by atoms with Gasteiger partial charge in [-0.3, -0.25) is 9.80 Å². The van der Waals surface area contributed by atoms with Crippen LogP contribution in [-0.4, -0.2) is 48.1 Å². The minimum Gasteiger partial charge on any atom is -0.468 e. The molecule has 1 saturated heterocycles. The van der Waals surface area contributed by atoms with Gasteiger partial charge >= 0.3 is 0 Å². The van der Waals surface area contributed by atoms with Crippen molar-refractivity contribution in [3.05, 3.63) is 23.7 Å². The molecule has 0 atom stereocenters. The fourth-order valence-corrected chi connectivity index (χ4v) is 2.81. The van der Waals surface area contributed by atoms with Crippen LogP contribution < -0.4 is 5.32 Å². The number of hydrogen-bond donors (Lipinski definition) is 1. The number of nitrogens with one attached hydrogen (secondary N) is 1. The first-order valence-electron chi connectivity index (χ1n) is 8.23. The summed E-state index contributed by atoms with van der Waals surface area (Å²) in [7, 11) is 0. The SMILES string of the molecule is CCCNCc1coc(CN2CCN(C(C)(C)C)CC2)c1. The summed E-state index contributed by atoms with van der Waals surface area (Å²) in [6.45, 7) is 16.5. The first kappa shape index (κ1) is 16.5. The van der Waals surface area contributed by atoms with Crippen LogP contribution in [0.5, 0.6) is 0 Å². The molecule has 0 aliphatic carbocycles. The second-order valence-corrected chi connectivity index (χ2v) is 7.03. The van der Waals surface area contributed by atoms with Crippen LogP contribution in [0.1, 0.15) is 45.4 Å². The monoisotopic (exact) mass is 293 g/mol. The summed E-state index contributed by atoms with van der Waals surface area (Å²) in [4.78, 5) is 5.05. The summed E-state index contributed by atoms with van der Waals surface area (Å²) < 4.78 is 5.70. The molecule has 2 rings (SSSR count). The first-order valence-corrected chi connectivity index (χ1v) is 8.23. The van der Waals surface area contributed by atoms with Crippen LogP contribution in [-0.2, 0) is 13.1 Å². The van der Waals surface area contributed by atoms with Crippen molar-refractivity contribution in [1.82, 2.24) is 15.1 Å². The average Bonchev–Trinajstić information content (AvgIpc) is 2.86. The number of furan rings is 1. The molecule has 4 nitrogen and oxygen atoms in total. The summed E-state index contributed by atoms with van der Waals surface area (Å²) in [5, 5.41) is 3.41. The van der Waals surface area contributed by atoms with Gasteiger partial charge in [-0.15, -0.1) is 0 Å². The van der Waals surface area contributed by atoms with E-state index in [-0.39, 0.29) is 5.54 Å². The maximum Gasteiger partial charge on any atom is 0.118 e. The van der Waals surface area contributed by atoms with Gasteiger partial charge in [-0.1, -0.05) is 6.92 Å².